The van der Waals surface area contributed by atoms with Gasteiger partial charge in [0.05, 0.1) is 0 Å². The van der Waals surface area contributed by atoms with Gasteiger partial charge in [0.15, 0.2) is 0 Å². The fourth-order valence-corrected chi connectivity index (χ4v) is 1.29. The Balaban J connectivity index is 2.35. The Labute approximate surface area is 91.1 Å². The molecule has 5 heteroatoms. The quantitative estimate of drug-likeness (QED) is 0.840. The maximum absolute atomic E-state index is 12.9. The van der Waals surface area contributed by atoms with Crippen molar-refractivity contribution in [2.24, 2.45) is 0 Å². The van der Waals surface area contributed by atoms with Crippen LogP contribution >= 0.6 is 0 Å². The van der Waals surface area contributed by atoms with Gasteiger partial charge >= 0.3 is 0 Å². The highest BCUT2D eigenvalue weighted by molar-refractivity contribution is 5.92. The van der Waals surface area contributed by atoms with Crippen LogP contribution in [-0.2, 0) is 0 Å². The summed E-state index contributed by atoms with van der Waals surface area (Å²) in [7, 11) is 1.49. The van der Waals surface area contributed by atoms with Crippen molar-refractivity contribution in [1.82, 2.24) is 10.5 Å². The Morgan fingerprint density at radius 3 is 2.94 bits per heavy atom. The van der Waals surface area contributed by atoms with Crippen molar-refractivity contribution in [2.45, 2.75) is 0 Å². The molecule has 1 heterocycles. The average molecular weight is 220 g/mol. The Morgan fingerprint density at radius 2 is 2.25 bits per heavy atom. The number of halogens is 1. The van der Waals surface area contributed by atoms with E-state index in [0.717, 1.165) is 0 Å². The molecule has 1 aromatic carbocycles. The molecule has 1 aromatic heterocycles. The van der Waals surface area contributed by atoms with Crippen molar-refractivity contribution >= 4 is 5.91 Å². The highest BCUT2D eigenvalue weighted by Crippen LogP contribution is 2.19. The maximum atomic E-state index is 12.9. The van der Waals surface area contributed by atoms with E-state index in [9.17, 15) is 9.18 Å². The minimum Gasteiger partial charge on any atom is -0.352 e. The Bertz CT molecular complexity index is 522. The van der Waals surface area contributed by atoms with Crippen molar-refractivity contribution < 1.29 is 13.7 Å². The smallest absolute Gasteiger partial charge is 0.289 e. The van der Waals surface area contributed by atoms with Gasteiger partial charge in [-0.25, -0.2) is 4.39 Å². The maximum Gasteiger partial charge on any atom is 0.289 e. The molecule has 1 amide bonds. The molecule has 0 bridgehead atoms. The Morgan fingerprint density at radius 1 is 1.44 bits per heavy atom. The summed E-state index contributed by atoms with van der Waals surface area (Å²) in [4.78, 5) is 11.2. The van der Waals surface area contributed by atoms with E-state index in [1.165, 1.54) is 25.2 Å². The third kappa shape index (κ3) is 1.93. The van der Waals surface area contributed by atoms with Crippen LogP contribution in [0.5, 0.6) is 0 Å². The lowest BCUT2D eigenvalue weighted by Crippen LogP contribution is -2.16. The molecule has 0 aliphatic carbocycles. The molecule has 16 heavy (non-hydrogen) atoms. The van der Waals surface area contributed by atoms with Crippen LogP contribution in [0.3, 0.4) is 0 Å². The zero-order chi connectivity index (χ0) is 11.5. The van der Waals surface area contributed by atoms with Gasteiger partial charge in [-0.2, -0.15) is 0 Å². The molecule has 4 nitrogen and oxygen atoms in total. The van der Waals surface area contributed by atoms with Crippen LogP contribution in [-0.4, -0.2) is 18.1 Å². The van der Waals surface area contributed by atoms with Crippen molar-refractivity contribution in [1.29, 1.82) is 0 Å². The summed E-state index contributed by atoms with van der Waals surface area (Å²) in [5, 5.41) is 6.10. The molecule has 0 fully saturated rings. The molecule has 2 aromatic rings. The lowest BCUT2D eigenvalue weighted by Gasteiger charge is -1.93. The second-order valence-corrected chi connectivity index (χ2v) is 3.17. The fraction of sp³-hybridized carbons (Fsp3) is 0.0909. The summed E-state index contributed by atoms with van der Waals surface area (Å²) in [5.41, 5.74) is 0.997. The molecule has 0 saturated carbocycles. The third-order valence-corrected chi connectivity index (χ3v) is 2.08. The first-order valence-electron chi connectivity index (χ1n) is 4.65. The van der Waals surface area contributed by atoms with Gasteiger partial charge in [0.2, 0.25) is 5.76 Å². The van der Waals surface area contributed by atoms with Crippen LogP contribution in [0.4, 0.5) is 4.39 Å². The van der Waals surface area contributed by atoms with Crippen LogP contribution < -0.4 is 5.32 Å². The normalized spacial score (nSPS) is 10.1. The van der Waals surface area contributed by atoms with E-state index < -0.39 is 0 Å². The van der Waals surface area contributed by atoms with Crippen LogP contribution in [0.25, 0.3) is 11.3 Å². The Kier molecular flexibility index (Phi) is 2.68. The molecule has 0 spiro atoms. The molecule has 0 radical (unpaired) electrons. The Hall–Kier alpha value is -2.17. The molecule has 82 valence electrons. The number of hydrogen-bond acceptors (Lipinski definition) is 3. The van der Waals surface area contributed by atoms with E-state index in [4.69, 9.17) is 4.52 Å². The molecule has 0 unspecified atom stereocenters. The van der Waals surface area contributed by atoms with Crippen molar-refractivity contribution in [3.8, 4) is 11.3 Å². The molecule has 2 rings (SSSR count). The van der Waals surface area contributed by atoms with E-state index in [1.54, 1.807) is 12.1 Å². The predicted molar refractivity (Wildman–Crippen MR) is 55.3 cm³/mol. The number of nitrogens with zero attached hydrogens (tertiary/aromatic N) is 1. The van der Waals surface area contributed by atoms with Gasteiger partial charge < -0.3 is 9.84 Å². The van der Waals surface area contributed by atoms with Crippen LogP contribution in [0.15, 0.2) is 34.9 Å². The highest BCUT2D eigenvalue weighted by Gasteiger charge is 2.12. The first kappa shape index (κ1) is 10.4. The number of benzene rings is 1. The van der Waals surface area contributed by atoms with Crippen molar-refractivity contribution in [3.63, 3.8) is 0 Å². The number of hydrogen-bond donors (Lipinski definition) is 1. The summed E-state index contributed by atoms with van der Waals surface area (Å²) in [6, 6.07) is 7.38. The largest absolute Gasteiger partial charge is 0.352 e. The number of rotatable bonds is 2. The van der Waals surface area contributed by atoms with Gasteiger partial charge in [-0.1, -0.05) is 17.3 Å². The molecule has 0 aliphatic rings. The van der Waals surface area contributed by atoms with Gasteiger partial charge in [0, 0.05) is 18.7 Å². The second kappa shape index (κ2) is 4.14. The number of carbonyl (C=O) groups excluding carboxylic acids is 1. The van der Waals surface area contributed by atoms with Gasteiger partial charge in [0.1, 0.15) is 11.5 Å². The number of nitrogens with one attached hydrogen (secondary N) is 1. The molecular formula is C11H9FN2O2. The van der Waals surface area contributed by atoms with E-state index >= 15 is 0 Å². The van der Waals surface area contributed by atoms with E-state index in [2.05, 4.69) is 10.5 Å². The van der Waals surface area contributed by atoms with Gasteiger partial charge in [-0.05, 0) is 12.1 Å². The zero-order valence-corrected chi connectivity index (χ0v) is 8.53. The van der Waals surface area contributed by atoms with Crippen molar-refractivity contribution in [2.75, 3.05) is 7.05 Å². The van der Waals surface area contributed by atoms with Crippen LogP contribution in [0.1, 0.15) is 10.6 Å². The zero-order valence-electron chi connectivity index (χ0n) is 8.53. The van der Waals surface area contributed by atoms with E-state index in [-0.39, 0.29) is 17.5 Å². The minimum atomic E-state index is -0.366. The fourth-order valence-electron chi connectivity index (χ4n) is 1.29. The number of aromatic nitrogens is 1. The van der Waals surface area contributed by atoms with Gasteiger partial charge in [-0.15, -0.1) is 0 Å². The molecule has 0 aliphatic heterocycles. The lowest BCUT2D eigenvalue weighted by atomic mass is 10.1. The third-order valence-electron chi connectivity index (χ3n) is 2.08. The second-order valence-electron chi connectivity index (χ2n) is 3.17. The van der Waals surface area contributed by atoms with Crippen LogP contribution in [0.2, 0.25) is 0 Å². The average Bonchev–Trinajstić information content (AvgIpc) is 2.77. The molecule has 0 saturated heterocycles. The van der Waals surface area contributed by atoms with E-state index in [1.807, 2.05) is 0 Å². The number of amides is 1. The highest BCUT2D eigenvalue weighted by atomic mass is 19.1. The summed E-state index contributed by atoms with van der Waals surface area (Å²) >= 11 is 0. The summed E-state index contributed by atoms with van der Waals surface area (Å²) in [6.07, 6.45) is 0. The van der Waals surface area contributed by atoms with E-state index in [0.29, 0.717) is 11.3 Å². The molecule has 1 N–H and O–H groups in total. The summed E-state index contributed by atoms with van der Waals surface area (Å²) < 4.78 is 17.8. The molecule has 0 atom stereocenters. The topological polar surface area (TPSA) is 55.1 Å². The number of carbonyl (C=O) groups is 1. The first-order valence-corrected chi connectivity index (χ1v) is 4.65. The first-order chi connectivity index (χ1) is 7.70. The molecular weight excluding hydrogens is 211 g/mol. The predicted octanol–water partition coefficient (Wildman–Crippen LogP) is 1.84. The minimum absolute atomic E-state index is 0.0989. The SMILES string of the molecule is CNC(=O)c1cc(-c2cccc(F)c2)no1. The monoisotopic (exact) mass is 220 g/mol. The standard InChI is InChI=1S/C11H9FN2O2/c1-13-11(15)10-6-9(14-16-10)7-3-2-4-8(12)5-7/h2-6H,1H3,(H,13,15). The van der Waals surface area contributed by atoms with Gasteiger partial charge in [0.25, 0.3) is 5.91 Å². The lowest BCUT2D eigenvalue weighted by molar-refractivity contribution is 0.0926. The van der Waals surface area contributed by atoms with Crippen molar-refractivity contribution in [3.05, 3.63) is 41.9 Å². The van der Waals surface area contributed by atoms with Crippen LogP contribution in [0, 0.1) is 5.82 Å². The van der Waals surface area contributed by atoms with Gasteiger partial charge in [-0.3, -0.25) is 4.79 Å². The summed E-state index contributed by atoms with van der Waals surface area (Å²) in [5.74, 6) is -0.626. The summed E-state index contributed by atoms with van der Waals surface area (Å²) in [6.45, 7) is 0.